The molecule has 29 heavy (non-hydrogen) atoms. The number of nitrogens with one attached hydrogen (secondary N) is 1. The third kappa shape index (κ3) is 9.03. The normalized spacial score (nSPS) is 17.8. The molecule has 2 atom stereocenters. The maximum atomic E-state index is 11.9. The lowest BCUT2D eigenvalue weighted by Crippen LogP contribution is -2.86. The number of hydrogen-bond donors (Lipinski definition) is 6. The van der Waals surface area contributed by atoms with Crippen molar-refractivity contribution in [1.29, 1.82) is 0 Å². The van der Waals surface area contributed by atoms with Crippen molar-refractivity contribution in [2.75, 3.05) is 19.6 Å². The summed E-state index contributed by atoms with van der Waals surface area (Å²) >= 11 is 0. The number of nitrogens with two attached hydrogens (primary N) is 1. The zero-order valence-electron chi connectivity index (χ0n) is 18.6. The molecule has 9 nitrogen and oxygen atoms in total. The van der Waals surface area contributed by atoms with Crippen LogP contribution in [0.1, 0.15) is 6.42 Å². The highest BCUT2D eigenvalue weighted by Gasteiger charge is 2.69. The van der Waals surface area contributed by atoms with Crippen LogP contribution in [0.15, 0.2) is 0 Å². The van der Waals surface area contributed by atoms with Gasteiger partial charge in [-0.2, -0.15) is 0 Å². The monoisotopic (exact) mass is 546 g/mol. The minimum Gasteiger partial charge on any atom is -0.437 e. The van der Waals surface area contributed by atoms with Crippen molar-refractivity contribution in [2.45, 2.75) is 58.3 Å². The van der Waals surface area contributed by atoms with Gasteiger partial charge in [-0.05, 0) is 45.7 Å². The molecule has 17 heteroatoms. The smallest absolute Gasteiger partial charge is 0.420 e. The Morgan fingerprint density at radius 3 is 1.90 bits per heavy atom. The van der Waals surface area contributed by atoms with E-state index >= 15 is 0 Å². The Morgan fingerprint density at radius 2 is 1.48 bits per heavy atom. The lowest BCUT2D eigenvalue weighted by Gasteiger charge is -2.49. The van der Waals surface area contributed by atoms with E-state index in [0.29, 0.717) is 6.54 Å². The van der Waals surface area contributed by atoms with Crippen LogP contribution in [0.2, 0.25) is 51.9 Å². The average molecular weight is 547 g/mol. The van der Waals surface area contributed by atoms with Gasteiger partial charge in [-0.1, -0.05) is 19.1 Å². The molecule has 2 unspecified atom stereocenters. The Morgan fingerprint density at radius 1 is 0.897 bits per heavy atom. The van der Waals surface area contributed by atoms with E-state index in [1.807, 2.05) is 26.2 Å². The van der Waals surface area contributed by atoms with Crippen molar-refractivity contribution in [3.8, 4) is 0 Å². The Kier molecular flexibility index (Phi) is 13.2. The Labute approximate surface area is 187 Å². The SMILES string of the molecule is C[Si](C)(C)O[Si](C)(C)O[Si](O[Si]O)([Si]O)[Si](O)([Si]O)[Si](C)(C)CCCNCCN. The summed E-state index contributed by atoms with van der Waals surface area (Å²) in [5.41, 5.74) is 5.50. The van der Waals surface area contributed by atoms with Crippen molar-refractivity contribution in [3.63, 3.8) is 0 Å². The predicted molar refractivity (Wildman–Crippen MR) is 131 cm³/mol. The van der Waals surface area contributed by atoms with Crippen LogP contribution >= 0.6 is 0 Å². The molecule has 0 heterocycles. The summed E-state index contributed by atoms with van der Waals surface area (Å²) in [6, 6.07) is 0.748. The van der Waals surface area contributed by atoms with Gasteiger partial charge in [-0.25, -0.2) is 0 Å². The van der Waals surface area contributed by atoms with E-state index in [1.165, 1.54) is 0 Å². The zero-order valence-corrected chi connectivity index (χ0v) is 26.6. The molecule has 0 aromatic rings. The fourth-order valence-electron chi connectivity index (χ4n) is 3.20. The van der Waals surface area contributed by atoms with E-state index in [4.69, 9.17) is 18.1 Å². The van der Waals surface area contributed by atoms with Crippen LogP contribution in [-0.4, -0.2) is 106 Å². The van der Waals surface area contributed by atoms with Gasteiger partial charge in [0.05, 0.1) is 7.59 Å². The fourth-order valence-corrected chi connectivity index (χ4v) is 67.7. The molecule has 7 N–H and O–H groups in total. The summed E-state index contributed by atoms with van der Waals surface area (Å²) in [5, 5.41) is 3.24. The van der Waals surface area contributed by atoms with Crippen LogP contribution in [0.4, 0.5) is 0 Å². The van der Waals surface area contributed by atoms with Gasteiger partial charge in [0.25, 0.3) is 9.28 Å². The van der Waals surface area contributed by atoms with Gasteiger partial charge in [-0.3, -0.25) is 0 Å². The molecule has 0 saturated heterocycles. The first-order valence-corrected chi connectivity index (χ1v) is 29.5. The van der Waals surface area contributed by atoms with Crippen LogP contribution in [0, 0.1) is 0 Å². The van der Waals surface area contributed by atoms with Crippen molar-refractivity contribution in [1.82, 2.24) is 5.32 Å². The van der Waals surface area contributed by atoms with Crippen LogP contribution in [0.3, 0.4) is 0 Å². The van der Waals surface area contributed by atoms with E-state index in [2.05, 4.69) is 25.0 Å². The highest BCUT2D eigenvalue weighted by molar-refractivity contribution is 7.86. The molecule has 0 aromatic carbocycles. The Balaban J connectivity index is 5.84. The van der Waals surface area contributed by atoms with Crippen LogP contribution < -0.4 is 11.1 Å². The second-order valence-electron chi connectivity index (χ2n) is 8.99. The quantitative estimate of drug-likeness (QED) is 0.100. The lowest BCUT2D eigenvalue weighted by molar-refractivity contribution is 0.329. The molecule has 0 saturated carbocycles. The summed E-state index contributed by atoms with van der Waals surface area (Å²) in [5.74, 6) is 0. The maximum absolute atomic E-state index is 11.9. The molecule has 0 fully saturated rings. The number of hydrogen-bond acceptors (Lipinski definition) is 9. The topological polar surface area (TPSA) is 147 Å². The summed E-state index contributed by atoms with van der Waals surface area (Å²) < 4.78 is 18.4. The van der Waals surface area contributed by atoms with E-state index in [-0.39, 0.29) is 0 Å². The average Bonchev–Trinajstić information content (AvgIpc) is 2.57. The molecule has 0 rings (SSSR count). The third-order valence-electron chi connectivity index (χ3n) is 4.37. The summed E-state index contributed by atoms with van der Waals surface area (Å²) in [6.45, 7) is 12.4. The van der Waals surface area contributed by atoms with Gasteiger partial charge in [0.15, 0.2) is 8.32 Å². The third-order valence-corrected chi connectivity index (χ3v) is 62.4. The van der Waals surface area contributed by atoms with E-state index in [0.717, 1.165) is 25.6 Å². The number of rotatable bonds is 16. The first-order chi connectivity index (χ1) is 13.2. The van der Waals surface area contributed by atoms with Crippen molar-refractivity contribution >= 4 is 67.5 Å². The second-order valence-corrected chi connectivity index (χ2v) is 47.9. The Hall–Kier alpha value is 1.38. The maximum Gasteiger partial charge on any atom is 0.420 e. The van der Waals surface area contributed by atoms with E-state index in [1.54, 1.807) is 0 Å². The molecule has 6 radical (unpaired) electrons. The molecule has 0 amide bonds. The molecule has 0 aliphatic carbocycles. The second kappa shape index (κ2) is 12.6. The van der Waals surface area contributed by atoms with Crippen molar-refractivity contribution < 1.29 is 31.5 Å². The zero-order chi connectivity index (χ0) is 23.0. The first kappa shape index (κ1) is 30.4. The molecule has 0 aromatic heterocycles. The molecule has 0 bridgehead atoms. The summed E-state index contributed by atoms with van der Waals surface area (Å²) in [6.07, 6.45) is 0.825. The van der Waals surface area contributed by atoms with Crippen molar-refractivity contribution in [3.05, 3.63) is 0 Å². The fraction of sp³-hybridized carbons (Fsp3) is 1.00. The minimum atomic E-state index is -3.69. The molecular formula is C12H38N2O7Si8. The highest BCUT2D eigenvalue weighted by atomic mass is 30.0. The van der Waals surface area contributed by atoms with Gasteiger partial charge < -0.3 is 42.6 Å². The predicted octanol–water partition coefficient (Wildman–Crippen LogP) is -1.50. The van der Waals surface area contributed by atoms with Crippen LogP contribution in [0.25, 0.3) is 0 Å². The molecule has 0 spiro atoms. The van der Waals surface area contributed by atoms with Gasteiger partial charge in [0.2, 0.25) is 16.2 Å². The van der Waals surface area contributed by atoms with Crippen LogP contribution in [-0.2, 0) is 12.3 Å². The van der Waals surface area contributed by atoms with Gasteiger partial charge >= 0.3 is 26.2 Å². The molecular weight excluding hydrogens is 509 g/mol. The lowest BCUT2D eigenvalue weighted by atomic mass is 10.5. The first-order valence-electron chi connectivity index (χ1n) is 9.59. The van der Waals surface area contributed by atoms with Gasteiger partial charge in [0.1, 0.15) is 0 Å². The van der Waals surface area contributed by atoms with Gasteiger partial charge in [-0.15, -0.1) is 0 Å². The largest absolute Gasteiger partial charge is 0.437 e. The highest BCUT2D eigenvalue weighted by Crippen LogP contribution is 2.32. The summed E-state index contributed by atoms with van der Waals surface area (Å²) in [4.78, 5) is 42.3. The Bertz CT molecular complexity index is 488. The standard InChI is InChI=1S/C12H38N2O7Si8/c1-25(2,3)20-27(6,7)21-29(24-17,19-22-15)28(18,23-16)26(4,5)12-8-10-14-11-9-13/h14-18H,8-13H2,1-7H3. The molecule has 170 valence electrons. The van der Waals surface area contributed by atoms with E-state index in [9.17, 15) is 19.2 Å². The van der Waals surface area contributed by atoms with Crippen molar-refractivity contribution in [2.24, 2.45) is 5.73 Å². The minimum absolute atomic E-state index is 0.565. The van der Waals surface area contributed by atoms with E-state index < -0.39 is 67.5 Å². The molecule has 0 aliphatic heterocycles. The summed E-state index contributed by atoms with van der Waals surface area (Å²) in [7, 11) is -13.3. The van der Waals surface area contributed by atoms with Crippen LogP contribution in [0.5, 0.6) is 0 Å². The molecule has 0 aliphatic rings. The van der Waals surface area contributed by atoms with Gasteiger partial charge in [0, 0.05) is 13.1 Å².